The van der Waals surface area contributed by atoms with E-state index in [1.807, 2.05) is 6.92 Å². The highest BCUT2D eigenvalue weighted by Crippen LogP contribution is 2.23. The summed E-state index contributed by atoms with van der Waals surface area (Å²) in [6.07, 6.45) is 0. The molecular weight excluding hydrogens is 316 g/mol. The number of aromatic hydroxyl groups is 1. The Morgan fingerprint density at radius 3 is 2.67 bits per heavy atom. The molecule has 1 aromatic heterocycles. The van der Waals surface area contributed by atoms with Crippen LogP contribution < -0.4 is 10.9 Å². The number of halogens is 2. The van der Waals surface area contributed by atoms with Crippen molar-refractivity contribution in [3.8, 4) is 5.75 Å². The Labute approximate surface area is 136 Å². The SMILES string of the molecule is C[C@@H](NCc1cc(=O)oc2cc(O)ccc12)c1ccc(F)c(F)c1. The molecule has 0 saturated carbocycles. The van der Waals surface area contributed by atoms with E-state index in [0.29, 0.717) is 28.6 Å². The Hall–Kier alpha value is -2.73. The van der Waals surface area contributed by atoms with Crippen molar-refractivity contribution in [1.29, 1.82) is 0 Å². The predicted molar refractivity (Wildman–Crippen MR) is 85.8 cm³/mol. The van der Waals surface area contributed by atoms with Crippen LogP contribution >= 0.6 is 0 Å². The van der Waals surface area contributed by atoms with Gasteiger partial charge in [0, 0.05) is 30.1 Å². The zero-order chi connectivity index (χ0) is 17.3. The molecule has 0 aliphatic rings. The number of benzene rings is 2. The van der Waals surface area contributed by atoms with Gasteiger partial charge in [0.25, 0.3) is 0 Å². The molecule has 0 saturated heterocycles. The first-order valence-electron chi connectivity index (χ1n) is 7.38. The Bertz CT molecular complexity index is 953. The van der Waals surface area contributed by atoms with Gasteiger partial charge in [-0.3, -0.25) is 0 Å². The quantitative estimate of drug-likeness (QED) is 0.717. The zero-order valence-electron chi connectivity index (χ0n) is 12.8. The molecule has 0 aliphatic heterocycles. The van der Waals surface area contributed by atoms with Crippen LogP contribution in [0.2, 0.25) is 0 Å². The fraction of sp³-hybridized carbons (Fsp3) is 0.167. The highest BCUT2D eigenvalue weighted by Gasteiger charge is 2.11. The lowest BCUT2D eigenvalue weighted by Gasteiger charge is -2.15. The van der Waals surface area contributed by atoms with Crippen molar-refractivity contribution < 1.29 is 18.3 Å². The van der Waals surface area contributed by atoms with E-state index >= 15 is 0 Å². The number of nitrogens with one attached hydrogen (secondary N) is 1. The second-order valence-corrected chi connectivity index (χ2v) is 5.55. The van der Waals surface area contributed by atoms with Gasteiger partial charge in [-0.1, -0.05) is 6.07 Å². The summed E-state index contributed by atoms with van der Waals surface area (Å²) in [4.78, 5) is 11.6. The lowest BCUT2D eigenvalue weighted by Crippen LogP contribution is -2.19. The Kier molecular flexibility index (Phi) is 4.31. The average Bonchev–Trinajstić information content (AvgIpc) is 2.54. The van der Waals surface area contributed by atoms with Crippen LogP contribution in [0.5, 0.6) is 5.75 Å². The Morgan fingerprint density at radius 1 is 1.12 bits per heavy atom. The Balaban J connectivity index is 1.85. The lowest BCUT2D eigenvalue weighted by molar-refractivity contribution is 0.473. The largest absolute Gasteiger partial charge is 0.508 e. The highest BCUT2D eigenvalue weighted by atomic mass is 19.2. The van der Waals surface area contributed by atoms with E-state index in [1.54, 1.807) is 6.07 Å². The first-order chi connectivity index (χ1) is 11.4. The maximum Gasteiger partial charge on any atom is 0.336 e. The molecule has 0 spiro atoms. The minimum Gasteiger partial charge on any atom is -0.508 e. The normalized spacial score (nSPS) is 12.5. The van der Waals surface area contributed by atoms with Crippen LogP contribution in [0, 0.1) is 11.6 Å². The topological polar surface area (TPSA) is 62.5 Å². The monoisotopic (exact) mass is 331 g/mol. The standard InChI is InChI=1S/C18H15F2NO3/c1-10(11-2-5-15(19)16(20)6-11)21-9-12-7-18(23)24-17-8-13(22)3-4-14(12)17/h2-8,10,21-22H,9H2,1H3/t10-/m1/s1. The van der Waals surface area contributed by atoms with Crippen LogP contribution in [0.25, 0.3) is 11.0 Å². The van der Waals surface area contributed by atoms with E-state index in [9.17, 15) is 18.7 Å². The molecule has 1 heterocycles. The maximum absolute atomic E-state index is 13.3. The van der Waals surface area contributed by atoms with Crippen LogP contribution in [0.4, 0.5) is 8.78 Å². The van der Waals surface area contributed by atoms with Crippen molar-refractivity contribution in [2.75, 3.05) is 0 Å². The molecule has 4 nitrogen and oxygen atoms in total. The second-order valence-electron chi connectivity index (χ2n) is 5.55. The van der Waals surface area contributed by atoms with Gasteiger partial charge in [-0.15, -0.1) is 0 Å². The summed E-state index contributed by atoms with van der Waals surface area (Å²) in [7, 11) is 0. The van der Waals surface area contributed by atoms with Crippen LogP contribution in [-0.4, -0.2) is 5.11 Å². The molecule has 3 rings (SSSR count). The molecule has 2 N–H and O–H groups in total. The van der Waals surface area contributed by atoms with Gasteiger partial charge in [0.2, 0.25) is 0 Å². The third kappa shape index (κ3) is 3.28. The summed E-state index contributed by atoms with van der Waals surface area (Å²) in [6, 6.07) is 9.38. The van der Waals surface area contributed by atoms with Crippen molar-refractivity contribution in [1.82, 2.24) is 5.32 Å². The first kappa shape index (κ1) is 16.1. The summed E-state index contributed by atoms with van der Waals surface area (Å²) in [5.41, 5.74) is 1.06. The van der Waals surface area contributed by atoms with Crippen molar-refractivity contribution in [3.05, 3.63) is 75.6 Å². The fourth-order valence-corrected chi connectivity index (χ4v) is 2.53. The highest BCUT2D eigenvalue weighted by molar-refractivity contribution is 5.81. The van der Waals surface area contributed by atoms with Crippen molar-refractivity contribution in [2.24, 2.45) is 0 Å². The minimum absolute atomic E-state index is 0.00548. The zero-order valence-corrected chi connectivity index (χ0v) is 12.8. The average molecular weight is 331 g/mol. The summed E-state index contributed by atoms with van der Waals surface area (Å²) in [5.74, 6) is -1.79. The Morgan fingerprint density at radius 2 is 1.92 bits per heavy atom. The molecule has 0 aliphatic carbocycles. The molecular formula is C18H15F2NO3. The smallest absolute Gasteiger partial charge is 0.336 e. The number of phenolic OH excluding ortho intramolecular Hbond substituents is 1. The number of hydrogen-bond donors (Lipinski definition) is 2. The van der Waals surface area contributed by atoms with Gasteiger partial charge in [-0.25, -0.2) is 13.6 Å². The van der Waals surface area contributed by atoms with E-state index in [0.717, 1.165) is 12.1 Å². The van der Waals surface area contributed by atoms with Gasteiger partial charge < -0.3 is 14.8 Å². The van der Waals surface area contributed by atoms with Gasteiger partial charge in [-0.05, 0) is 42.3 Å². The molecule has 0 radical (unpaired) electrons. The van der Waals surface area contributed by atoms with Crippen LogP contribution in [0.15, 0.2) is 51.7 Å². The van der Waals surface area contributed by atoms with Crippen molar-refractivity contribution >= 4 is 11.0 Å². The third-order valence-electron chi connectivity index (χ3n) is 3.86. The van der Waals surface area contributed by atoms with Crippen LogP contribution in [-0.2, 0) is 6.54 Å². The van der Waals surface area contributed by atoms with Crippen molar-refractivity contribution in [3.63, 3.8) is 0 Å². The molecule has 3 aromatic rings. The van der Waals surface area contributed by atoms with Gasteiger partial charge in [0.15, 0.2) is 11.6 Å². The van der Waals surface area contributed by atoms with Gasteiger partial charge in [0.1, 0.15) is 11.3 Å². The van der Waals surface area contributed by atoms with Crippen molar-refractivity contribution in [2.45, 2.75) is 19.5 Å². The summed E-state index contributed by atoms with van der Waals surface area (Å²) in [6.45, 7) is 2.14. The molecule has 0 amide bonds. The predicted octanol–water partition coefficient (Wildman–Crippen LogP) is 3.63. The van der Waals surface area contributed by atoms with E-state index in [-0.39, 0.29) is 11.8 Å². The van der Waals surface area contributed by atoms with Gasteiger partial charge in [0.05, 0.1) is 0 Å². The van der Waals surface area contributed by atoms with Crippen LogP contribution in [0.1, 0.15) is 24.1 Å². The summed E-state index contributed by atoms with van der Waals surface area (Å²) in [5, 5.41) is 13.3. The first-order valence-corrected chi connectivity index (χ1v) is 7.38. The van der Waals surface area contributed by atoms with E-state index in [2.05, 4.69) is 5.32 Å². The molecule has 6 heteroatoms. The number of phenols is 1. The molecule has 24 heavy (non-hydrogen) atoms. The molecule has 0 bridgehead atoms. The lowest BCUT2D eigenvalue weighted by atomic mass is 10.1. The van der Waals surface area contributed by atoms with E-state index < -0.39 is 17.3 Å². The van der Waals surface area contributed by atoms with E-state index in [1.165, 1.54) is 24.3 Å². The summed E-state index contributed by atoms with van der Waals surface area (Å²) >= 11 is 0. The third-order valence-corrected chi connectivity index (χ3v) is 3.86. The molecule has 124 valence electrons. The molecule has 2 aromatic carbocycles. The van der Waals surface area contributed by atoms with Gasteiger partial charge in [-0.2, -0.15) is 0 Å². The fourth-order valence-electron chi connectivity index (χ4n) is 2.53. The summed E-state index contributed by atoms with van der Waals surface area (Å²) < 4.78 is 31.4. The molecule has 1 atom stereocenters. The van der Waals surface area contributed by atoms with E-state index in [4.69, 9.17) is 4.42 Å². The number of hydrogen-bond acceptors (Lipinski definition) is 4. The second kappa shape index (κ2) is 6.41. The molecule has 0 fully saturated rings. The number of fused-ring (bicyclic) bond motifs is 1. The van der Waals surface area contributed by atoms with Gasteiger partial charge >= 0.3 is 5.63 Å². The minimum atomic E-state index is -0.901. The molecule has 0 unspecified atom stereocenters. The van der Waals surface area contributed by atoms with Crippen LogP contribution in [0.3, 0.4) is 0 Å². The maximum atomic E-state index is 13.3. The number of rotatable bonds is 4.